The second-order valence-electron chi connectivity index (χ2n) is 7.05. The molecule has 0 radical (unpaired) electrons. The fourth-order valence-corrected chi connectivity index (χ4v) is 3.27. The van der Waals surface area contributed by atoms with Crippen molar-refractivity contribution in [2.45, 2.75) is 26.4 Å². The number of benzene rings is 3. The molecule has 29 heavy (non-hydrogen) atoms. The smallest absolute Gasteiger partial charge is 0.193 e. The van der Waals surface area contributed by atoms with Crippen molar-refractivity contribution in [2.24, 2.45) is 10.7 Å². The van der Waals surface area contributed by atoms with Gasteiger partial charge < -0.3 is 15.6 Å². The van der Waals surface area contributed by atoms with Crippen LogP contribution in [-0.4, -0.2) is 15.5 Å². The second-order valence-corrected chi connectivity index (χ2v) is 7.05. The topological polar surface area (TPSA) is 68.2 Å². The van der Waals surface area contributed by atoms with Gasteiger partial charge in [0.1, 0.15) is 0 Å². The number of aliphatic imine (C=N–C) groups is 1. The van der Waals surface area contributed by atoms with E-state index in [-0.39, 0.29) is 0 Å². The molecule has 0 spiro atoms. The summed E-state index contributed by atoms with van der Waals surface area (Å²) < 4.78 is 2.16. The zero-order valence-corrected chi connectivity index (χ0v) is 16.5. The minimum absolute atomic E-state index is 0.420. The molecule has 3 aromatic carbocycles. The quantitative estimate of drug-likeness (QED) is 0.378. The van der Waals surface area contributed by atoms with E-state index in [1.807, 2.05) is 36.7 Å². The maximum absolute atomic E-state index is 6.03. The second kappa shape index (κ2) is 8.61. The molecule has 1 heterocycles. The standard InChI is InChI=1S/C24H25N5/c1-2-18-11-13-21(14-12-18)28-24(25)26-15-19-7-9-20(10-8-19)16-29-17-27-22-5-3-4-6-23(22)29/h3-14,17H,2,15-16H2,1H3,(H3,25,26,28). The van der Waals surface area contributed by atoms with Gasteiger partial charge in [-0.05, 0) is 47.4 Å². The van der Waals surface area contributed by atoms with Gasteiger partial charge in [-0.2, -0.15) is 0 Å². The number of nitrogens with two attached hydrogens (primary N) is 1. The van der Waals surface area contributed by atoms with Crippen molar-refractivity contribution in [1.82, 2.24) is 9.55 Å². The maximum Gasteiger partial charge on any atom is 0.193 e. The number of aryl methyl sites for hydroxylation is 1. The molecule has 5 heteroatoms. The molecular weight excluding hydrogens is 358 g/mol. The average molecular weight is 383 g/mol. The minimum atomic E-state index is 0.420. The number of para-hydroxylation sites is 2. The van der Waals surface area contributed by atoms with Crippen LogP contribution in [-0.2, 0) is 19.5 Å². The van der Waals surface area contributed by atoms with Crippen LogP contribution in [0.4, 0.5) is 5.69 Å². The van der Waals surface area contributed by atoms with Crippen molar-refractivity contribution in [2.75, 3.05) is 5.32 Å². The van der Waals surface area contributed by atoms with Gasteiger partial charge in [-0.3, -0.25) is 0 Å². The Balaban J connectivity index is 1.36. The van der Waals surface area contributed by atoms with Crippen LogP contribution in [0.25, 0.3) is 11.0 Å². The number of fused-ring (bicyclic) bond motifs is 1. The summed E-state index contributed by atoms with van der Waals surface area (Å²) in [5, 5.41) is 3.14. The molecule has 0 fully saturated rings. The molecule has 146 valence electrons. The van der Waals surface area contributed by atoms with Crippen molar-refractivity contribution >= 4 is 22.7 Å². The molecule has 0 amide bonds. The van der Waals surface area contributed by atoms with Gasteiger partial charge in [-0.1, -0.05) is 55.5 Å². The van der Waals surface area contributed by atoms with E-state index in [2.05, 4.69) is 69.2 Å². The molecule has 0 saturated heterocycles. The van der Waals surface area contributed by atoms with E-state index in [0.717, 1.165) is 35.2 Å². The first-order chi connectivity index (χ1) is 14.2. The van der Waals surface area contributed by atoms with E-state index in [0.29, 0.717) is 12.5 Å². The lowest BCUT2D eigenvalue weighted by Crippen LogP contribution is -2.22. The van der Waals surface area contributed by atoms with Crippen molar-refractivity contribution in [3.63, 3.8) is 0 Å². The van der Waals surface area contributed by atoms with Crippen molar-refractivity contribution in [3.8, 4) is 0 Å². The minimum Gasteiger partial charge on any atom is -0.370 e. The Morgan fingerprint density at radius 2 is 1.62 bits per heavy atom. The van der Waals surface area contributed by atoms with Crippen LogP contribution in [0.15, 0.2) is 84.1 Å². The summed E-state index contributed by atoms with van der Waals surface area (Å²) >= 11 is 0. The monoisotopic (exact) mass is 383 g/mol. The number of guanidine groups is 1. The molecule has 0 atom stereocenters. The fourth-order valence-electron chi connectivity index (χ4n) is 3.27. The highest BCUT2D eigenvalue weighted by Crippen LogP contribution is 2.15. The molecule has 0 unspecified atom stereocenters. The number of rotatable bonds is 6. The molecule has 0 aliphatic carbocycles. The number of aromatic nitrogens is 2. The summed E-state index contributed by atoms with van der Waals surface area (Å²) in [5.74, 6) is 0.420. The highest BCUT2D eigenvalue weighted by atomic mass is 15.1. The third kappa shape index (κ3) is 4.63. The number of hydrogen-bond donors (Lipinski definition) is 2. The van der Waals surface area contributed by atoms with Gasteiger partial charge in [-0.15, -0.1) is 0 Å². The largest absolute Gasteiger partial charge is 0.370 e. The summed E-state index contributed by atoms with van der Waals surface area (Å²) in [5.41, 5.74) is 12.8. The predicted molar refractivity (Wildman–Crippen MR) is 120 cm³/mol. The zero-order valence-electron chi connectivity index (χ0n) is 16.5. The molecule has 0 aliphatic heterocycles. The van der Waals surface area contributed by atoms with Crippen LogP contribution in [0.2, 0.25) is 0 Å². The van der Waals surface area contributed by atoms with E-state index < -0.39 is 0 Å². The Morgan fingerprint density at radius 1 is 0.931 bits per heavy atom. The van der Waals surface area contributed by atoms with Crippen LogP contribution < -0.4 is 11.1 Å². The van der Waals surface area contributed by atoms with Gasteiger partial charge in [-0.25, -0.2) is 9.98 Å². The van der Waals surface area contributed by atoms with Crippen molar-refractivity contribution < 1.29 is 0 Å². The Kier molecular flexibility index (Phi) is 5.56. The summed E-state index contributed by atoms with van der Waals surface area (Å²) in [6.45, 7) is 3.48. The van der Waals surface area contributed by atoms with Gasteiger partial charge in [0.2, 0.25) is 0 Å². The van der Waals surface area contributed by atoms with Gasteiger partial charge in [0.05, 0.1) is 23.9 Å². The molecule has 0 aliphatic rings. The molecule has 4 rings (SSSR count). The van der Waals surface area contributed by atoms with E-state index in [4.69, 9.17) is 5.73 Å². The van der Waals surface area contributed by atoms with Gasteiger partial charge in [0.15, 0.2) is 5.96 Å². The first-order valence-electron chi connectivity index (χ1n) is 9.85. The lowest BCUT2D eigenvalue weighted by molar-refractivity contribution is 0.823. The Labute approximate surface area is 170 Å². The molecule has 1 aromatic heterocycles. The van der Waals surface area contributed by atoms with Crippen LogP contribution in [0.5, 0.6) is 0 Å². The molecule has 5 nitrogen and oxygen atoms in total. The molecule has 4 aromatic rings. The number of anilines is 1. The van der Waals surface area contributed by atoms with Crippen LogP contribution in [0, 0.1) is 0 Å². The summed E-state index contributed by atoms with van der Waals surface area (Å²) in [4.78, 5) is 8.90. The van der Waals surface area contributed by atoms with Gasteiger partial charge in [0.25, 0.3) is 0 Å². The van der Waals surface area contributed by atoms with E-state index >= 15 is 0 Å². The van der Waals surface area contributed by atoms with E-state index in [1.165, 1.54) is 11.1 Å². The van der Waals surface area contributed by atoms with Crippen LogP contribution >= 0.6 is 0 Å². The summed E-state index contributed by atoms with van der Waals surface area (Å²) in [6, 6.07) is 24.9. The zero-order chi connectivity index (χ0) is 20.1. The lowest BCUT2D eigenvalue weighted by atomic mass is 10.1. The van der Waals surface area contributed by atoms with Crippen LogP contribution in [0.3, 0.4) is 0 Å². The first kappa shape index (κ1) is 18.7. The number of hydrogen-bond acceptors (Lipinski definition) is 2. The van der Waals surface area contributed by atoms with E-state index in [9.17, 15) is 0 Å². The van der Waals surface area contributed by atoms with Crippen molar-refractivity contribution in [1.29, 1.82) is 0 Å². The highest BCUT2D eigenvalue weighted by molar-refractivity contribution is 5.92. The Morgan fingerprint density at radius 3 is 2.38 bits per heavy atom. The van der Waals surface area contributed by atoms with Crippen molar-refractivity contribution in [3.05, 3.63) is 95.8 Å². The van der Waals surface area contributed by atoms with Crippen LogP contribution in [0.1, 0.15) is 23.6 Å². The maximum atomic E-state index is 6.03. The fraction of sp³-hybridized carbons (Fsp3) is 0.167. The molecule has 3 N–H and O–H groups in total. The van der Waals surface area contributed by atoms with Gasteiger partial charge in [0, 0.05) is 12.2 Å². The normalized spacial score (nSPS) is 11.7. The predicted octanol–water partition coefficient (Wildman–Crippen LogP) is 4.57. The number of nitrogens with one attached hydrogen (secondary N) is 1. The first-order valence-corrected chi connectivity index (χ1v) is 9.85. The number of imidazole rings is 1. The Bertz CT molecular complexity index is 1110. The average Bonchev–Trinajstić information content (AvgIpc) is 3.17. The third-order valence-electron chi connectivity index (χ3n) is 4.97. The highest BCUT2D eigenvalue weighted by Gasteiger charge is 2.03. The lowest BCUT2D eigenvalue weighted by Gasteiger charge is -2.07. The van der Waals surface area contributed by atoms with Gasteiger partial charge >= 0.3 is 0 Å². The third-order valence-corrected chi connectivity index (χ3v) is 4.97. The van der Waals surface area contributed by atoms with E-state index in [1.54, 1.807) is 0 Å². The molecular formula is C24H25N5. The Hall–Kier alpha value is -3.60. The SMILES string of the molecule is CCc1ccc(NC(N)=NCc2ccc(Cn3cnc4ccccc43)cc2)cc1. The molecule has 0 bridgehead atoms. The molecule has 0 saturated carbocycles. The summed E-state index contributed by atoms with van der Waals surface area (Å²) in [6.07, 6.45) is 2.92. The summed E-state index contributed by atoms with van der Waals surface area (Å²) in [7, 11) is 0. The number of nitrogens with zero attached hydrogens (tertiary/aromatic N) is 3.